The van der Waals surface area contributed by atoms with Gasteiger partial charge < -0.3 is 20.5 Å². The van der Waals surface area contributed by atoms with E-state index in [9.17, 15) is 0 Å². The van der Waals surface area contributed by atoms with E-state index in [1.54, 1.807) is 0 Å². The van der Waals surface area contributed by atoms with Crippen LogP contribution in [-0.4, -0.2) is 46.1 Å². The molecule has 0 heterocycles. The van der Waals surface area contributed by atoms with Crippen LogP contribution < -0.4 is 11.1 Å². The van der Waals surface area contributed by atoms with Gasteiger partial charge in [0.15, 0.2) is 0 Å². The largest absolute Gasteiger partial charge is 0.379 e. The van der Waals surface area contributed by atoms with Crippen molar-refractivity contribution in [2.45, 2.75) is 40.0 Å². The smallest absolute Gasteiger partial charge is 0.0701 e. The predicted molar refractivity (Wildman–Crippen MR) is 74.4 cm³/mol. The molecule has 0 unspecified atom stereocenters. The number of unbranched alkanes of at least 4 members (excludes halogenated alkanes) is 1. The molecule has 0 saturated heterocycles. The van der Waals surface area contributed by atoms with Crippen molar-refractivity contribution >= 4 is 0 Å². The van der Waals surface area contributed by atoms with Crippen LogP contribution in [0.2, 0.25) is 0 Å². The molecule has 0 fully saturated rings. The Hall–Kier alpha value is -0.160. The summed E-state index contributed by atoms with van der Waals surface area (Å²) in [5.41, 5.74) is 5.33. The zero-order valence-corrected chi connectivity index (χ0v) is 12.0. The molecule has 0 aliphatic carbocycles. The molecule has 0 aliphatic heterocycles. The zero-order valence-electron chi connectivity index (χ0n) is 12.0. The average Bonchev–Trinajstić information content (AvgIpc) is 2.38. The summed E-state index contributed by atoms with van der Waals surface area (Å²) in [5.74, 6) is 0. The number of nitrogens with one attached hydrogen (secondary N) is 1. The lowest BCUT2D eigenvalue weighted by Crippen LogP contribution is -2.21. The summed E-state index contributed by atoms with van der Waals surface area (Å²) < 4.78 is 10.7. The maximum absolute atomic E-state index is 5.38. The summed E-state index contributed by atoms with van der Waals surface area (Å²) in [7, 11) is 0. The van der Waals surface area contributed by atoms with E-state index in [1.165, 1.54) is 12.8 Å². The van der Waals surface area contributed by atoms with Crippen LogP contribution in [0.4, 0.5) is 0 Å². The number of hydrogen-bond donors (Lipinski definition) is 2. The molecule has 4 heteroatoms. The first-order valence-corrected chi connectivity index (χ1v) is 6.98. The summed E-state index contributed by atoms with van der Waals surface area (Å²) in [6.07, 6.45) is 3.41. The van der Waals surface area contributed by atoms with Crippen molar-refractivity contribution in [3.63, 3.8) is 0 Å². The molecule has 0 aromatic carbocycles. The van der Waals surface area contributed by atoms with E-state index in [0.717, 1.165) is 32.7 Å². The Balaban J connectivity index is 0. The van der Waals surface area contributed by atoms with Gasteiger partial charge in [0.25, 0.3) is 0 Å². The van der Waals surface area contributed by atoms with Gasteiger partial charge in [-0.05, 0) is 25.9 Å². The van der Waals surface area contributed by atoms with E-state index in [2.05, 4.69) is 12.2 Å². The monoisotopic (exact) mass is 248 g/mol. The highest BCUT2D eigenvalue weighted by atomic mass is 16.5. The molecule has 0 radical (unpaired) electrons. The Morgan fingerprint density at radius 2 is 1.53 bits per heavy atom. The van der Waals surface area contributed by atoms with Gasteiger partial charge >= 0.3 is 0 Å². The van der Waals surface area contributed by atoms with Gasteiger partial charge in [0.05, 0.1) is 19.8 Å². The van der Waals surface area contributed by atoms with Gasteiger partial charge in [-0.1, -0.05) is 27.2 Å². The molecule has 3 N–H and O–H groups in total. The minimum Gasteiger partial charge on any atom is -0.379 e. The Labute approximate surface area is 107 Å². The first-order valence-electron chi connectivity index (χ1n) is 6.98. The van der Waals surface area contributed by atoms with Crippen molar-refractivity contribution in [2.75, 3.05) is 46.1 Å². The Morgan fingerprint density at radius 1 is 0.882 bits per heavy atom. The first-order chi connectivity index (χ1) is 8.41. The standard InChI is InChI=1S/C11H26N2O2.C2H6/c1-2-3-6-13-7-9-15-11-10-14-8-4-5-12;1-2/h13H,2-12H2,1H3;1-2H3. The molecular formula is C13H32N2O2. The summed E-state index contributed by atoms with van der Waals surface area (Å²) in [6.45, 7) is 11.8. The third kappa shape index (κ3) is 21.6. The van der Waals surface area contributed by atoms with Crippen LogP contribution in [0, 0.1) is 0 Å². The number of nitrogens with two attached hydrogens (primary N) is 1. The highest BCUT2D eigenvalue weighted by Gasteiger charge is 1.90. The van der Waals surface area contributed by atoms with Crippen LogP contribution in [0.25, 0.3) is 0 Å². The van der Waals surface area contributed by atoms with Crippen molar-refractivity contribution in [3.8, 4) is 0 Å². The minimum absolute atomic E-state index is 0.676. The van der Waals surface area contributed by atoms with E-state index in [0.29, 0.717) is 19.8 Å². The molecule has 0 aromatic rings. The molecule has 0 rings (SSSR count). The summed E-state index contributed by atoms with van der Waals surface area (Å²) in [4.78, 5) is 0. The SMILES string of the molecule is CC.CCCCNCCOCCOCCCN. The third-order valence-corrected chi connectivity index (χ3v) is 2.00. The molecular weight excluding hydrogens is 216 g/mol. The van der Waals surface area contributed by atoms with Gasteiger partial charge in [-0.2, -0.15) is 0 Å². The maximum Gasteiger partial charge on any atom is 0.0701 e. The fraction of sp³-hybridized carbons (Fsp3) is 1.00. The van der Waals surface area contributed by atoms with Crippen LogP contribution in [-0.2, 0) is 9.47 Å². The fourth-order valence-electron chi connectivity index (χ4n) is 1.08. The van der Waals surface area contributed by atoms with Gasteiger partial charge in [-0.25, -0.2) is 0 Å². The molecule has 0 spiro atoms. The maximum atomic E-state index is 5.38. The van der Waals surface area contributed by atoms with E-state index in [4.69, 9.17) is 15.2 Å². The first kappa shape index (κ1) is 19.2. The van der Waals surface area contributed by atoms with Gasteiger partial charge in [-0.3, -0.25) is 0 Å². The average molecular weight is 248 g/mol. The van der Waals surface area contributed by atoms with Crippen LogP contribution in [0.5, 0.6) is 0 Å². The molecule has 0 aromatic heterocycles. The Kier molecular flexibility index (Phi) is 23.9. The number of rotatable bonds is 12. The second kappa shape index (κ2) is 21.2. The molecule has 0 atom stereocenters. The van der Waals surface area contributed by atoms with Gasteiger partial charge in [0.2, 0.25) is 0 Å². The molecule has 0 aliphatic rings. The van der Waals surface area contributed by atoms with Crippen molar-refractivity contribution in [1.82, 2.24) is 5.32 Å². The lowest BCUT2D eigenvalue weighted by Gasteiger charge is -2.06. The van der Waals surface area contributed by atoms with E-state index < -0.39 is 0 Å². The topological polar surface area (TPSA) is 56.5 Å². The molecule has 4 nitrogen and oxygen atoms in total. The molecule has 0 amide bonds. The van der Waals surface area contributed by atoms with Crippen molar-refractivity contribution in [2.24, 2.45) is 5.73 Å². The summed E-state index contributed by atoms with van der Waals surface area (Å²) in [6, 6.07) is 0. The highest BCUT2D eigenvalue weighted by Crippen LogP contribution is 1.83. The Bertz CT molecular complexity index is 102. The fourth-order valence-corrected chi connectivity index (χ4v) is 1.08. The lowest BCUT2D eigenvalue weighted by atomic mass is 10.3. The normalized spacial score (nSPS) is 9.88. The predicted octanol–water partition coefficient (Wildman–Crippen LogP) is 1.78. The van der Waals surface area contributed by atoms with Crippen LogP contribution in [0.1, 0.15) is 40.0 Å². The van der Waals surface area contributed by atoms with Crippen molar-refractivity contribution in [3.05, 3.63) is 0 Å². The van der Waals surface area contributed by atoms with Gasteiger partial charge in [0, 0.05) is 13.2 Å². The summed E-state index contributed by atoms with van der Waals surface area (Å²) >= 11 is 0. The summed E-state index contributed by atoms with van der Waals surface area (Å²) in [5, 5.41) is 3.32. The van der Waals surface area contributed by atoms with Gasteiger partial charge in [-0.15, -0.1) is 0 Å². The van der Waals surface area contributed by atoms with Gasteiger partial charge in [0.1, 0.15) is 0 Å². The van der Waals surface area contributed by atoms with E-state index in [-0.39, 0.29) is 0 Å². The van der Waals surface area contributed by atoms with Crippen LogP contribution in [0.15, 0.2) is 0 Å². The zero-order chi connectivity index (χ0) is 13.2. The van der Waals surface area contributed by atoms with E-state index >= 15 is 0 Å². The number of ether oxygens (including phenoxy) is 2. The van der Waals surface area contributed by atoms with Crippen molar-refractivity contribution < 1.29 is 9.47 Å². The second-order valence-electron chi connectivity index (χ2n) is 3.47. The highest BCUT2D eigenvalue weighted by molar-refractivity contribution is 4.45. The second-order valence-corrected chi connectivity index (χ2v) is 3.47. The lowest BCUT2D eigenvalue weighted by molar-refractivity contribution is 0.0485. The van der Waals surface area contributed by atoms with E-state index in [1.807, 2.05) is 13.8 Å². The molecule has 106 valence electrons. The van der Waals surface area contributed by atoms with Crippen molar-refractivity contribution in [1.29, 1.82) is 0 Å². The van der Waals surface area contributed by atoms with Crippen LogP contribution in [0.3, 0.4) is 0 Å². The Morgan fingerprint density at radius 3 is 2.12 bits per heavy atom. The third-order valence-electron chi connectivity index (χ3n) is 2.00. The molecule has 0 saturated carbocycles. The van der Waals surface area contributed by atoms with Crippen LogP contribution >= 0.6 is 0 Å². The minimum atomic E-state index is 0.676. The quantitative estimate of drug-likeness (QED) is 0.517. The molecule has 17 heavy (non-hydrogen) atoms. The number of hydrogen-bond acceptors (Lipinski definition) is 4. The molecule has 0 bridgehead atoms.